The van der Waals surface area contributed by atoms with Crippen LogP contribution in [0.5, 0.6) is 0 Å². The Bertz CT molecular complexity index is 491. The summed E-state index contributed by atoms with van der Waals surface area (Å²) in [6, 6.07) is 3.47. The van der Waals surface area contributed by atoms with Gasteiger partial charge in [0.25, 0.3) is 0 Å². The molecule has 1 aliphatic carbocycles. The maximum Gasteiger partial charge on any atom is 0.339 e. The number of aliphatic imine (C=N–C) groups is 1. The summed E-state index contributed by atoms with van der Waals surface area (Å²) in [7, 11) is 1.37. The summed E-state index contributed by atoms with van der Waals surface area (Å²) in [5.41, 5.74) is 12.6. The molecule has 1 aliphatic rings. The Kier molecular flexibility index (Phi) is 3.45. The first-order chi connectivity index (χ1) is 8.61. The maximum atomic E-state index is 11.6. The van der Waals surface area contributed by atoms with Gasteiger partial charge in [0.1, 0.15) is 0 Å². The van der Waals surface area contributed by atoms with E-state index >= 15 is 0 Å². The first kappa shape index (κ1) is 12.3. The molecule has 0 radical (unpaired) electrons. The normalized spacial score (nSPS) is 14.1. The number of carbonyl (C=O) groups excluding carboxylic acids is 1. The van der Waals surface area contributed by atoms with Crippen molar-refractivity contribution in [2.24, 2.45) is 16.5 Å². The Labute approximate surface area is 105 Å². The predicted molar refractivity (Wildman–Crippen MR) is 67.1 cm³/mol. The molecule has 1 aromatic heterocycles. The molecule has 1 saturated carbocycles. The van der Waals surface area contributed by atoms with Crippen molar-refractivity contribution >= 4 is 11.9 Å². The van der Waals surface area contributed by atoms with E-state index < -0.39 is 0 Å². The number of esters is 1. The molecule has 6 heteroatoms. The number of nitrogens with two attached hydrogens (primary N) is 2. The molecule has 1 heterocycles. The second kappa shape index (κ2) is 5.03. The topological polar surface area (TPSA) is 104 Å². The van der Waals surface area contributed by atoms with Crippen molar-refractivity contribution in [2.45, 2.75) is 25.3 Å². The van der Waals surface area contributed by atoms with Crippen LogP contribution in [0.2, 0.25) is 0 Å². The van der Waals surface area contributed by atoms with Crippen molar-refractivity contribution in [1.29, 1.82) is 0 Å². The third-order valence-corrected chi connectivity index (χ3v) is 2.78. The van der Waals surface area contributed by atoms with E-state index in [1.165, 1.54) is 7.11 Å². The van der Waals surface area contributed by atoms with Crippen LogP contribution in [0.1, 0.15) is 40.5 Å². The van der Waals surface area contributed by atoms with Crippen molar-refractivity contribution in [2.75, 3.05) is 7.11 Å². The number of hydrogen-bond acceptors (Lipinski definition) is 4. The summed E-state index contributed by atoms with van der Waals surface area (Å²) in [6.07, 6.45) is 2.12. The Morgan fingerprint density at radius 1 is 1.50 bits per heavy atom. The Hall–Kier alpha value is -2.11. The standard InChI is InChI=1S/C12H16N4O2/c1-18-11(17)9-5-4-8(6-15-12(13)14)16-10(9)7-2-3-7/h4-5,7H,2-3,6H2,1H3,(H4,13,14,15). The molecule has 0 bridgehead atoms. The van der Waals surface area contributed by atoms with E-state index in [0.29, 0.717) is 18.0 Å². The molecule has 0 atom stereocenters. The van der Waals surface area contributed by atoms with Crippen molar-refractivity contribution in [3.63, 3.8) is 0 Å². The summed E-state index contributed by atoms with van der Waals surface area (Å²) in [6.45, 7) is 0.323. The van der Waals surface area contributed by atoms with E-state index in [9.17, 15) is 4.79 Å². The molecule has 0 aromatic carbocycles. The van der Waals surface area contributed by atoms with Gasteiger partial charge in [-0.1, -0.05) is 0 Å². The van der Waals surface area contributed by atoms with E-state index in [-0.39, 0.29) is 11.9 Å². The van der Waals surface area contributed by atoms with Crippen LogP contribution >= 0.6 is 0 Å². The summed E-state index contributed by atoms with van der Waals surface area (Å²) >= 11 is 0. The second-order valence-corrected chi connectivity index (χ2v) is 4.24. The number of aromatic nitrogens is 1. The van der Waals surface area contributed by atoms with Crippen LogP contribution in [0, 0.1) is 0 Å². The van der Waals surface area contributed by atoms with Gasteiger partial charge in [0.05, 0.1) is 30.6 Å². The Morgan fingerprint density at radius 3 is 2.78 bits per heavy atom. The minimum absolute atomic E-state index is 0.0295. The zero-order valence-corrected chi connectivity index (χ0v) is 10.2. The largest absolute Gasteiger partial charge is 0.465 e. The zero-order valence-electron chi connectivity index (χ0n) is 10.2. The Morgan fingerprint density at radius 2 is 2.22 bits per heavy atom. The van der Waals surface area contributed by atoms with Gasteiger partial charge >= 0.3 is 5.97 Å². The van der Waals surface area contributed by atoms with Crippen LogP contribution in [0.4, 0.5) is 0 Å². The lowest BCUT2D eigenvalue weighted by Crippen LogP contribution is -2.22. The van der Waals surface area contributed by atoms with Gasteiger partial charge in [-0.15, -0.1) is 0 Å². The van der Waals surface area contributed by atoms with Gasteiger partial charge in [0.15, 0.2) is 5.96 Å². The van der Waals surface area contributed by atoms with Gasteiger partial charge in [-0.2, -0.15) is 0 Å². The van der Waals surface area contributed by atoms with Gasteiger partial charge in [-0.3, -0.25) is 4.98 Å². The fraction of sp³-hybridized carbons (Fsp3) is 0.417. The Balaban J connectivity index is 2.28. The molecule has 1 fully saturated rings. The van der Waals surface area contributed by atoms with E-state index in [1.807, 2.05) is 0 Å². The zero-order chi connectivity index (χ0) is 13.1. The number of pyridine rings is 1. The average Bonchev–Trinajstić information content (AvgIpc) is 3.19. The number of ether oxygens (including phenoxy) is 1. The molecule has 2 rings (SSSR count). The van der Waals surface area contributed by atoms with Crippen LogP contribution in [-0.4, -0.2) is 24.0 Å². The van der Waals surface area contributed by atoms with Crippen LogP contribution in [-0.2, 0) is 11.3 Å². The quantitative estimate of drug-likeness (QED) is 0.459. The van der Waals surface area contributed by atoms with E-state index in [4.69, 9.17) is 16.2 Å². The second-order valence-electron chi connectivity index (χ2n) is 4.24. The van der Waals surface area contributed by atoms with Crippen LogP contribution in [0.15, 0.2) is 17.1 Å². The van der Waals surface area contributed by atoms with Crippen molar-refractivity contribution in [3.05, 3.63) is 29.1 Å². The van der Waals surface area contributed by atoms with Crippen molar-refractivity contribution in [1.82, 2.24) is 4.98 Å². The number of hydrogen-bond donors (Lipinski definition) is 2. The average molecular weight is 248 g/mol. The minimum Gasteiger partial charge on any atom is -0.465 e. The highest BCUT2D eigenvalue weighted by molar-refractivity contribution is 5.90. The molecular formula is C12H16N4O2. The summed E-state index contributed by atoms with van der Waals surface area (Å²) in [5, 5.41) is 0. The highest BCUT2D eigenvalue weighted by Gasteiger charge is 2.30. The first-order valence-corrected chi connectivity index (χ1v) is 5.75. The highest BCUT2D eigenvalue weighted by Crippen LogP contribution is 2.40. The van der Waals surface area contributed by atoms with Crippen LogP contribution < -0.4 is 11.5 Å². The summed E-state index contributed by atoms with van der Waals surface area (Å²) in [5.74, 6) is 0.0397. The smallest absolute Gasteiger partial charge is 0.339 e. The molecule has 6 nitrogen and oxygen atoms in total. The van der Waals surface area contributed by atoms with Crippen LogP contribution in [0.25, 0.3) is 0 Å². The van der Waals surface area contributed by atoms with Crippen molar-refractivity contribution < 1.29 is 9.53 Å². The lowest BCUT2D eigenvalue weighted by Gasteiger charge is -2.07. The molecule has 0 amide bonds. The van der Waals surface area contributed by atoms with Gasteiger partial charge in [-0.05, 0) is 25.0 Å². The molecule has 0 saturated heterocycles. The van der Waals surface area contributed by atoms with Crippen LogP contribution in [0.3, 0.4) is 0 Å². The van der Waals surface area contributed by atoms with E-state index in [1.54, 1.807) is 12.1 Å². The molecule has 0 aliphatic heterocycles. The molecule has 18 heavy (non-hydrogen) atoms. The first-order valence-electron chi connectivity index (χ1n) is 5.75. The summed E-state index contributed by atoms with van der Waals surface area (Å²) in [4.78, 5) is 20.0. The number of guanidine groups is 1. The number of rotatable bonds is 4. The third-order valence-electron chi connectivity index (χ3n) is 2.78. The predicted octanol–water partition coefficient (Wildman–Crippen LogP) is 0.519. The molecule has 0 unspecified atom stereocenters. The lowest BCUT2D eigenvalue weighted by molar-refractivity contribution is 0.0598. The van der Waals surface area contributed by atoms with Gasteiger partial charge < -0.3 is 16.2 Å². The fourth-order valence-corrected chi connectivity index (χ4v) is 1.73. The highest BCUT2D eigenvalue weighted by atomic mass is 16.5. The van der Waals surface area contributed by atoms with Crippen molar-refractivity contribution in [3.8, 4) is 0 Å². The molecule has 1 aromatic rings. The molecular weight excluding hydrogens is 232 g/mol. The maximum absolute atomic E-state index is 11.6. The van der Waals surface area contributed by atoms with Gasteiger partial charge in [0, 0.05) is 5.92 Å². The lowest BCUT2D eigenvalue weighted by atomic mass is 10.1. The number of methoxy groups -OCH3 is 1. The van der Waals surface area contributed by atoms with E-state index in [2.05, 4.69) is 9.98 Å². The monoisotopic (exact) mass is 248 g/mol. The minimum atomic E-state index is -0.349. The number of nitrogens with zero attached hydrogens (tertiary/aromatic N) is 2. The molecule has 96 valence electrons. The SMILES string of the molecule is COC(=O)c1ccc(CN=C(N)N)nc1C1CC1. The fourth-order valence-electron chi connectivity index (χ4n) is 1.73. The van der Waals surface area contributed by atoms with Gasteiger partial charge in [0.2, 0.25) is 0 Å². The summed E-state index contributed by atoms with van der Waals surface area (Å²) < 4.78 is 4.75. The molecule has 0 spiro atoms. The van der Waals surface area contributed by atoms with E-state index in [0.717, 1.165) is 24.2 Å². The number of carbonyl (C=O) groups is 1. The third kappa shape index (κ3) is 2.77. The molecule has 4 N–H and O–H groups in total. The van der Waals surface area contributed by atoms with Gasteiger partial charge in [-0.25, -0.2) is 9.79 Å².